The molecule has 0 spiro atoms. The molecule has 1 aromatic heterocycles. The quantitative estimate of drug-likeness (QED) is 0.363. The topological polar surface area (TPSA) is 51.6 Å². The SMILES string of the molecule is CCOc1cc(CCC(C)(O)c2ccccc2)ccc1Oc1nc2ccccc2s1. The highest BCUT2D eigenvalue weighted by molar-refractivity contribution is 7.20. The van der Waals surface area contributed by atoms with Gasteiger partial charge in [-0.05, 0) is 62.1 Å². The predicted octanol–water partition coefficient (Wildman–Crippen LogP) is 6.33. The van der Waals surface area contributed by atoms with Gasteiger partial charge in [0.2, 0.25) is 0 Å². The summed E-state index contributed by atoms with van der Waals surface area (Å²) in [6, 6.07) is 23.7. The van der Waals surface area contributed by atoms with E-state index in [-0.39, 0.29) is 0 Å². The summed E-state index contributed by atoms with van der Waals surface area (Å²) < 4.78 is 13.0. The molecule has 3 aromatic carbocycles. The van der Waals surface area contributed by atoms with E-state index in [1.165, 1.54) is 11.3 Å². The summed E-state index contributed by atoms with van der Waals surface area (Å²) in [5.74, 6) is 1.34. The van der Waals surface area contributed by atoms with E-state index in [9.17, 15) is 5.11 Å². The molecule has 1 heterocycles. The number of aliphatic hydroxyl groups is 1. The van der Waals surface area contributed by atoms with Gasteiger partial charge in [0, 0.05) is 0 Å². The number of thiazole rings is 1. The van der Waals surface area contributed by atoms with Gasteiger partial charge in [-0.3, -0.25) is 0 Å². The lowest BCUT2D eigenvalue weighted by Gasteiger charge is -2.24. The normalized spacial score (nSPS) is 13.2. The van der Waals surface area contributed by atoms with Crippen molar-refractivity contribution in [3.8, 4) is 16.7 Å². The summed E-state index contributed by atoms with van der Waals surface area (Å²) in [5, 5.41) is 11.5. The smallest absolute Gasteiger partial charge is 0.279 e. The van der Waals surface area contributed by atoms with E-state index in [1.807, 2.05) is 86.6 Å². The van der Waals surface area contributed by atoms with Crippen LogP contribution in [0.1, 0.15) is 31.4 Å². The molecule has 1 atom stereocenters. The Kier molecular flexibility index (Phi) is 6.02. The maximum atomic E-state index is 10.9. The van der Waals surface area contributed by atoms with Crippen LogP contribution in [0.3, 0.4) is 0 Å². The molecule has 30 heavy (non-hydrogen) atoms. The third kappa shape index (κ3) is 4.64. The second-order valence-electron chi connectivity index (χ2n) is 7.40. The van der Waals surface area contributed by atoms with E-state index >= 15 is 0 Å². The van der Waals surface area contributed by atoms with Gasteiger partial charge in [0.15, 0.2) is 11.5 Å². The molecule has 0 bridgehead atoms. The lowest BCUT2D eigenvalue weighted by atomic mass is 9.89. The number of aryl methyl sites for hydroxylation is 1. The van der Waals surface area contributed by atoms with Gasteiger partial charge in [-0.25, -0.2) is 4.98 Å². The fourth-order valence-corrected chi connectivity index (χ4v) is 4.21. The van der Waals surface area contributed by atoms with Gasteiger partial charge in [0.05, 0.1) is 22.4 Å². The fourth-order valence-electron chi connectivity index (χ4n) is 3.38. The van der Waals surface area contributed by atoms with Crippen molar-refractivity contribution in [2.24, 2.45) is 0 Å². The first-order chi connectivity index (χ1) is 14.5. The highest BCUT2D eigenvalue weighted by atomic mass is 32.1. The Morgan fingerprint density at radius 2 is 1.73 bits per heavy atom. The minimum atomic E-state index is -0.886. The molecule has 1 unspecified atom stereocenters. The van der Waals surface area contributed by atoms with Crippen LogP contribution in [0.25, 0.3) is 10.2 Å². The van der Waals surface area contributed by atoms with Crippen LogP contribution in [0.15, 0.2) is 72.8 Å². The van der Waals surface area contributed by atoms with E-state index in [0.717, 1.165) is 27.8 Å². The van der Waals surface area contributed by atoms with Crippen LogP contribution in [-0.4, -0.2) is 16.7 Å². The molecule has 0 saturated heterocycles. The second-order valence-corrected chi connectivity index (χ2v) is 8.40. The molecule has 0 fully saturated rings. The summed E-state index contributed by atoms with van der Waals surface area (Å²) in [7, 11) is 0. The average molecular weight is 420 g/mol. The zero-order valence-electron chi connectivity index (χ0n) is 17.2. The van der Waals surface area contributed by atoms with E-state index < -0.39 is 5.60 Å². The Bertz CT molecular complexity index is 1090. The van der Waals surface area contributed by atoms with Gasteiger partial charge in [-0.1, -0.05) is 59.9 Å². The van der Waals surface area contributed by atoms with E-state index in [0.29, 0.717) is 29.7 Å². The summed E-state index contributed by atoms with van der Waals surface area (Å²) in [4.78, 5) is 4.54. The average Bonchev–Trinajstić information content (AvgIpc) is 3.17. The summed E-state index contributed by atoms with van der Waals surface area (Å²) >= 11 is 1.51. The maximum absolute atomic E-state index is 10.9. The van der Waals surface area contributed by atoms with Gasteiger partial charge in [0.25, 0.3) is 5.19 Å². The number of ether oxygens (including phenoxy) is 2. The van der Waals surface area contributed by atoms with Crippen molar-refractivity contribution in [1.29, 1.82) is 0 Å². The monoisotopic (exact) mass is 419 g/mol. The van der Waals surface area contributed by atoms with E-state index in [4.69, 9.17) is 9.47 Å². The van der Waals surface area contributed by atoms with E-state index in [1.54, 1.807) is 0 Å². The van der Waals surface area contributed by atoms with Crippen molar-refractivity contribution in [3.05, 3.63) is 83.9 Å². The predicted molar refractivity (Wildman–Crippen MR) is 122 cm³/mol. The van der Waals surface area contributed by atoms with Crippen molar-refractivity contribution in [1.82, 2.24) is 4.98 Å². The fraction of sp³-hybridized carbons (Fsp3) is 0.240. The van der Waals surface area contributed by atoms with Crippen LogP contribution >= 0.6 is 11.3 Å². The van der Waals surface area contributed by atoms with Crippen molar-refractivity contribution < 1.29 is 14.6 Å². The zero-order valence-corrected chi connectivity index (χ0v) is 18.0. The number of benzene rings is 3. The number of hydrogen-bond donors (Lipinski definition) is 1. The first kappa shape index (κ1) is 20.4. The van der Waals surface area contributed by atoms with Crippen molar-refractivity contribution >= 4 is 21.6 Å². The molecule has 1 N–H and O–H groups in total. The Morgan fingerprint density at radius 3 is 2.50 bits per heavy atom. The highest BCUT2D eigenvalue weighted by Gasteiger charge is 2.22. The molecule has 0 radical (unpaired) electrons. The molecule has 0 saturated carbocycles. The van der Waals surface area contributed by atoms with Gasteiger partial charge in [-0.2, -0.15) is 0 Å². The minimum Gasteiger partial charge on any atom is -0.490 e. The lowest BCUT2D eigenvalue weighted by molar-refractivity contribution is 0.0480. The molecular weight excluding hydrogens is 394 g/mol. The first-order valence-electron chi connectivity index (χ1n) is 10.1. The Labute approximate surface area is 180 Å². The van der Waals surface area contributed by atoms with Crippen LogP contribution in [0.2, 0.25) is 0 Å². The van der Waals surface area contributed by atoms with Gasteiger partial charge in [-0.15, -0.1) is 0 Å². The molecule has 0 aliphatic heterocycles. The summed E-state index contributed by atoms with van der Waals surface area (Å²) in [5.41, 5.74) is 2.05. The van der Waals surface area contributed by atoms with Crippen molar-refractivity contribution in [2.45, 2.75) is 32.3 Å². The lowest BCUT2D eigenvalue weighted by Crippen LogP contribution is -2.21. The summed E-state index contributed by atoms with van der Waals surface area (Å²) in [6.07, 6.45) is 1.34. The number of para-hydroxylation sites is 1. The van der Waals surface area contributed by atoms with Crippen molar-refractivity contribution in [2.75, 3.05) is 6.61 Å². The molecule has 0 aliphatic carbocycles. The number of hydrogen-bond acceptors (Lipinski definition) is 5. The Balaban J connectivity index is 1.51. The van der Waals surface area contributed by atoms with Crippen molar-refractivity contribution in [3.63, 3.8) is 0 Å². The number of aromatic nitrogens is 1. The Morgan fingerprint density at radius 1 is 0.967 bits per heavy atom. The van der Waals surface area contributed by atoms with Gasteiger partial charge >= 0.3 is 0 Å². The number of nitrogens with zero attached hydrogens (tertiary/aromatic N) is 1. The molecular formula is C25H25NO3S. The summed E-state index contributed by atoms with van der Waals surface area (Å²) in [6.45, 7) is 4.35. The van der Waals surface area contributed by atoms with Crippen LogP contribution in [0, 0.1) is 0 Å². The molecule has 0 aliphatic rings. The minimum absolute atomic E-state index is 0.543. The van der Waals surface area contributed by atoms with Crippen LogP contribution < -0.4 is 9.47 Å². The molecule has 4 nitrogen and oxygen atoms in total. The highest BCUT2D eigenvalue weighted by Crippen LogP contribution is 2.37. The van der Waals surface area contributed by atoms with Crippen LogP contribution in [0.5, 0.6) is 16.7 Å². The molecule has 4 rings (SSSR count). The molecule has 5 heteroatoms. The van der Waals surface area contributed by atoms with E-state index in [2.05, 4.69) is 4.98 Å². The Hall–Kier alpha value is -2.89. The maximum Gasteiger partial charge on any atom is 0.279 e. The first-order valence-corrected chi connectivity index (χ1v) is 10.9. The number of rotatable bonds is 8. The number of fused-ring (bicyclic) bond motifs is 1. The zero-order chi connectivity index (χ0) is 21.0. The van der Waals surface area contributed by atoms with Gasteiger partial charge in [0.1, 0.15) is 0 Å². The van der Waals surface area contributed by atoms with Crippen LogP contribution in [0.4, 0.5) is 0 Å². The molecule has 4 aromatic rings. The second kappa shape index (κ2) is 8.86. The molecule has 154 valence electrons. The third-order valence-electron chi connectivity index (χ3n) is 5.08. The largest absolute Gasteiger partial charge is 0.490 e. The van der Waals surface area contributed by atoms with Gasteiger partial charge < -0.3 is 14.6 Å². The van der Waals surface area contributed by atoms with Crippen LogP contribution in [-0.2, 0) is 12.0 Å². The third-order valence-corrected chi connectivity index (χ3v) is 5.99. The standard InChI is InChI=1S/C25H25NO3S/c1-3-28-22-17-18(15-16-25(2,27)19-9-5-4-6-10-19)13-14-21(22)29-24-26-20-11-7-8-12-23(20)30-24/h4-14,17,27H,3,15-16H2,1-2H3. The molecule has 0 amide bonds.